The van der Waals surface area contributed by atoms with Gasteiger partial charge in [0.05, 0.1) is 0 Å². The van der Waals surface area contributed by atoms with Crippen LogP contribution in [0.5, 0.6) is 5.75 Å². The van der Waals surface area contributed by atoms with Crippen molar-refractivity contribution in [3.05, 3.63) is 28.8 Å². The standard InChI is InChI=1S/C13H18ClNO/c1-9-3-2-4-12(9)15-8-10-7-11(14)5-6-13(10)16/h5-7,9,12,15-16H,2-4,8H2,1H3. The fourth-order valence-corrected chi connectivity index (χ4v) is 2.58. The summed E-state index contributed by atoms with van der Waals surface area (Å²) in [7, 11) is 0. The van der Waals surface area contributed by atoms with E-state index < -0.39 is 0 Å². The van der Waals surface area contributed by atoms with Gasteiger partial charge in [-0.15, -0.1) is 0 Å². The molecule has 0 radical (unpaired) electrons. The Morgan fingerprint density at radius 1 is 1.44 bits per heavy atom. The van der Waals surface area contributed by atoms with E-state index in [-0.39, 0.29) is 0 Å². The third-order valence-corrected chi connectivity index (χ3v) is 3.69. The first-order valence-corrected chi connectivity index (χ1v) is 6.25. The maximum atomic E-state index is 9.68. The molecule has 2 N–H and O–H groups in total. The first-order valence-electron chi connectivity index (χ1n) is 5.87. The number of phenolic OH excluding ortho intramolecular Hbond substituents is 1. The van der Waals surface area contributed by atoms with Crippen LogP contribution in [0.25, 0.3) is 0 Å². The van der Waals surface area contributed by atoms with Crippen molar-refractivity contribution in [3.63, 3.8) is 0 Å². The molecule has 88 valence electrons. The van der Waals surface area contributed by atoms with Crippen LogP contribution >= 0.6 is 11.6 Å². The summed E-state index contributed by atoms with van der Waals surface area (Å²) < 4.78 is 0. The highest BCUT2D eigenvalue weighted by Crippen LogP contribution is 2.26. The summed E-state index contributed by atoms with van der Waals surface area (Å²) in [5.74, 6) is 1.06. The van der Waals surface area contributed by atoms with Gasteiger partial charge in [0.15, 0.2) is 0 Å². The fourth-order valence-electron chi connectivity index (χ4n) is 2.39. The molecule has 1 aliphatic rings. The monoisotopic (exact) mass is 239 g/mol. The number of halogens is 1. The summed E-state index contributed by atoms with van der Waals surface area (Å²) in [5, 5.41) is 13.8. The maximum absolute atomic E-state index is 9.68. The minimum Gasteiger partial charge on any atom is -0.508 e. The molecule has 3 heteroatoms. The number of hydrogen-bond donors (Lipinski definition) is 2. The lowest BCUT2D eigenvalue weighted by molar-refractivity contribution is 0.415. The zero-order valence-electron chi connectivity index (χ0n) is 9.54. The Labute approximate surface area is 102 Å². The molecule has 0 spiro atoms. The highest BCUT2D eigenvalue weighted by molar-refractivity contribution is 6.30. The summed E-state index contributed by atoms with van der Waals surface area (Å²) >= 11 is 5.90. The molecule has 0 aromatic heterocycles. The van der Waals surface area contributed by atoms with Gasteiger partial charge in [-0.2, -0.15) is 0 Å². The molecule has 0 bridgehead atoms. The van der Waals surface area contributed by atoms with E-state index in [1.165, 1.54) is 19.3 Å². The molecule has 1 saturated carbocycles. The average molecular weight is 240 g/mol. The number of rotatable bonds is 3. The van der Waals surface area contributed by atoms with Gasteiger partial charge in [0.2, 0.25) is 0 Å². The lowest BCUT2D eigenvalue weighted by Gasteiger charge is -2.17. The molecule has 1 aromatic rings. The maximum Gasteiger partial charge on any atom is 0.120 e. The van der Waals surface area contributed by atoms with Crippen LogP contribution in [-0.4, -0.2) is 11.1 Å². The fraction of sp³-hybridized carbons (Fsp3) is 0.538. The van der Waals surface area contributed by atoms with Crippen molar-refractivity contribution in [2.45, 2.75) is 38.8 Å². The third-order valence-electron chi connectivity index (χ3n) is 3.46. The van der Waals surface area contributed by atoms with Crippen molar-refractivity contribution >= 4 is 11.6 Å². The Morgan fingerprint density at radius 3 is 2.94 bits per heavy atom. The molecule has 0 heterocycles. The molecule has 1 fully saturated rings. The molecule has 16 heavy (non-hydrogen) atoms. The molecule has 0 amide bonds. The average Bonchev–Trinajstić information content (AvgIpc) is 2.66. The van der Waals surface area contributed by atoms with Crippen molar-refractivity contribution in [1.82, 2.24) is 5.32 Å². The van der Waals surface area contributed by atoms with Crippen LogP contribution in [0.3, 0.4) is 0 Å². The third kappa shape index (κ3) is 2.69. The van der Waals surface area contributed by atoms with Gasteiger partial charge in [-0.3, -0.25) is 0 Å². The van der Waals surface area contributed by atoms with Crippen LogP contribution < -0.4 is 5.32 Å². The van der Waals surface area contributed by atoms with Gasteiger partial charge in [0, 0.05) is 23.2 Å². The van der Waals surface area contributed by atoms with E-state index in [2.05, 4.69) is 12.2 Å². The predicted molar refractivity (Wildman–Crippen MR) is 66.8 cm³/mol. The number of benzene rings is 1. The van der Waals surface area contributed by atoms with Gasteiger partial charge < -0.3 is 10.4 Å². The first-order chi connectivity index (χ1) is 7.66. The smallest absolute Gasteiger partial charge is 0.120 e. The number of hydrogen-bond acceptors (Lipinski definition) is 2. The van der Waals surface area contributed by atoms with E-state index in [9.17, 15) is 5.11 Å². The van der Waals surface area contributed by atoms with Crippen molar-refractivity contribution < 1.29 is 5.11 Å². The Kier molecular flexibility index (Phi) is 3.72. The van der Waals surface area contributed by atoms with Gasteiger partial charge in [0.1, 0.15) is 5.75 Å². The van der Waals surface area contributed by atoms with Crippen molar-refractivity contribution in [3.8, 4) is 5.75 Å². The molecular formula is C13H18ClNO. The van der Waals surface area contributed by atoms with Gasteiger partial charge in [-0.25, -0.2) is 0 Å². The Balaban J connectivity index is 1.96. The van der Waals surface area contributed by atoms with Gasteiger partial charge in [0.25, 0.3) is 0 Å². The highest BCUT2D eigenvalue weighted by atomic mass is 35.5. The van der Waals surface area contributed by atoms with Crippen LogP contribution in [0.2, 0.25) is 5.02 Å². The van der Waals surface area contributed by atoms with E-state index in [0.717, 1.165) is 11.5 Å². The van der Waals surface area contributed by atoms with Gasteiger partial charge in [-0.1, -0.05) is 24.9 Å². The predicted octanol–water partition coefficient (Wildman–Crippen LogP) is 3.32. The van der Waals surface area contributed by atoms with Crippen molar-refractivity contribution in [2.75, 3.05) is 0 Å². The molecule has 0 saturated heterocycles. The molecule has 1 aliphatic carbocycles. The normalized spacial score (nSPS) is 24.9. The van der Waals surface area contributed by atoms with Crippen LogP contribution in [0.15, 0.2) is 18.2 Å². The lowest BCUT2D eigenvalue weighted by Crippen LogP contribution is -2.30. The summed E-state index contributed by atoms with van der Waals surface area (Å²) in [5.41, 5.74) is 0.881. The minimum absolute atomic E-state index is 0.322. The van der Waals surface area contributed by atoms with E-state index in [0.29, 0.717) is 23.4 Å². The number of nitrogens with one attached hydrogen (secondary N) is 1. The molecule has 2 unspecified atom stereocenters. The molecule has 2 nitrogen and oxygen atoms in total. The zero-order valence-corrected chi connectivity index (χ0v) is 10.3. The largest absolute Gasteiger partial charge is 0.508 e. The van der Waals surface area contributed by atoms with E-state index in [1.54, 1.807) is 12.1 Å². The SMILES string of the molecule is CC1CCCC1NCc1cc(Cl)ccc1O. The Hall–Kier alpha value is -0.730. The summed E-state index contributed by atoms with van der Waals surface area (Å²) in [6.45, 7) is 2.98. The molecule has 2 atom stereocenters. The van der Waals surface area contributed by atoms with E-state index in [1.807, 2.05) is 6.07 Å². The topological polar surface area (TPSA) is 32.3 Å². The van der Waals surface area contributed by atoms with E-state index >= 15 is 0 Å². The van der Waals surface area contributed by atoms with Crippen LogP contribution in [0.4, 0.5) is 0 Å². The minimum atomic E-state index is 0.322. The van der Waals surface area contributed by atoms with Crippen LogP contribution in [0.1, 0.15) is 31.7 Å². The molecular weight excluding hydrogens is 222 g/mol. The van der Waals surface area contributed by atoms with E-state index in [4.69, 9.17) is 11.6 Å². The van der Waals surface area contributed by atoms with Crippen molar-refractivity contribution in [2.24, 2.45) is 5.92 Å². The zero-order chi connectivity index (χ0) is 11.5. The highest BCUT2D eigenvalue weighted by Gasteiger charge is 2.22. The van der Waals surface area contributed by atoms with Gasteiger partial charge in [-0.05, 0) is 37.0 Å². The summed E-state index contributed by atoms with van der Waals surface area (Å²) in [6.07, 6.45) is 3.85. The Morgan fingerprint density at radius 2 is 2.25 bits per heavy atom. The lowest BCUT2D eigenvalue weighted by atomic mass is 10.1. The molecule has 2 rings (SSSR count). The summed E-state index contributed by atoms with van der Waals surface area (Å²) in [4.78, 5) is 0. The number of aromatic hydroxyl groups is 1. The van der Waals surface area contributed by atoms with Crippen molar-refractivity contribution in [1.29, 1.82) is 0 Å². The second-order valence-electron chi connectivity index (χ2n) is 4.67. The van der Waals surface area contributed by atoms with Crippen LogP contribution in [-0.2, 0) is 6.54 Å². The molecule has 0 aliphatic heterocycles. The van der Waals surface area contributed by atoms with Gasteiger partial charge >= 0.3 is 0 Å². The second kappa shape index (κ2) is 5.07. The summed E-state index contributed by atoms with van der Waals surface area (Å²) in [6, 6.07) is 5.76. The second-order valence-corrected chi connectivity index (χ2v) is 5.11. The quantitative estimate of drug-likeness (QED) is 0.848. The first kappa shape index (κ1) is 11.7. The molecule has 1 aromatic carbocycles. The van der Waals surface area contributed by atoms with Crippen LogP contribution in [0, 0.1) is 5.92 Å². The Bertz CT molecular complexity index is 367. The number of phenols is 1.